The van der Waals surface area contributed by atoms with Gasteiger partial charge in [-0.1, -0.05) is 26.0 Å². The average molecular weight is 526 g/mol. The Morgan fingerprint density at radius 2 is 1.95 bits per heavy atom. The highest BCUT2D eigenvalue weighted by Crippen LogP contribution is 2.31. The van der Waals surface area contributed by atoms with Gasteiger partial charge in [-0.05, 0) is 62.5 Å². The van der Waals surface area contributed by atoms with Gasteiger partial charge < -0.3 is 14.2 Å². The summed E-state index contributed by atoms with van der Waals surface area (Å²) in [5.41, 5.74) is 2.65. The Hall–Kier alpha value is -2.94. The molecule has 0 aliphatic carbocycles. The number of fused-ring (bicyclic) bond motifs is 1. The molecule has 4 rings (SSSR count). The number of allylic oxidation sites excluding steroid dienone is 2. The second kappa shape index (κ2) is 14.7. The molecule has 1 fully saturated rings. The maximum atomic E-state index is 13.3. The highest BCUT2D eigenvalue weighted by atomic mass is 32.1. The average Bonchev–Trinajstić information content (AvgIpc) is 3.59. The largest absolute Gasteiger partial charge is 0.493 e. The van der Waals surface area contributed by atoms with Crippen LogP contribution in [0.15, 0.2) is 54.1 Å². The fourth-order valence-electron chi connectivity index (χ4n) is 4.25. The molecule has 1 aliphatic rings. The topological polar surface area (TPSA) is 65.8 Å². The molecule has 2 aromatic heterocycles. The molecular weight excluding hydrogens is 486 g/mol. The van der Waals surface area contributed by atoms with E-state index in [2.05, 4.69) is 41.1 Å². The summed E-state index contributed by atoms with van der Waals surface area (Å²) < 4.78 is 18.3. The van der Waals surface area contributed by atoms with Crippen molar-refractivity contribution in [2.45, 2.75) is 39.5 Å². The summed E-state index contributed by atoms with van der Waals surface area (Å²) in [7, 11) is 3.26. The van der Waals surface area contributed by atoms with Crippen molar-refractivity contribution in [2.24, 2.45) is 0 Å². The molecule has 1 aromatic carbocycles. The lowest BCUT2D eigenvalue weighted by Crippen LogP contribution is -2.25. The summed E-state index contributed by atoms with van der Waals surface area (Å²) in [5.74, 6) is 1.30. The van der Waals surface area contributed by atoms with Gasteiger partial charge in [0, 0.05) is 24.6 Å². The highest BCUT2D eigenvalue weighted by molar-refractivity contribution is 7.19. The van der Waals surface area contributed by atoms with Crippen LogP contribution < -0.4 is 15.0 Å². The lowest BCUT2D eigenvalue weighted by molar-refractivity contribution is 0.230. The third-order valence-corrected chi connectivity index (χ3v) is 7.35. The highest BCUT2D eigenvalue weighted by Gasteiger charge is 2.15. The van der Waals surface area contributed by atoms with Gasteiger partial charge in [-0.15, -0.1) is 17.9 Å². The van der Waals surface area contributed by atoms with Crippen molar-refractivity contribution >= 4 is 27.1 Å². The summed E-state index contributed by atoms with van der Waals surface area (Å²) in [5, 5.41) is 0. The summed E-state index contributed by atoms with van der Waals surface area (Å²) >= 11 is 1.52. The van der Waals surface area contributed by atoms with Crippen LogP contribution >= 0.6 is 11.3 Å². The SMILES string of the molecule is C=CCOC.CC/C=C(\CC)c1cc2ncn(-c3ccc(OCCN4CCCC4)c(OC)c3)c(=O)c2s1. The molecule has 37 heavy (non-hydrogen) atoms. The zero-order chi connectivity index (χ0) is 26.6. The number of hydrogen-bond acceptors (Lipinski definition) is 7. The predicted octanol–water partition coefficient (Wildman–Crippen LogP) is 5.95. The molecule has 200 valence electrons. The van der Waals surface area contributed by atoms with Crippen LogP contribution in [0, 0.1) is 0 Å². The summed E-state index contributed by atoms with van der Waals surface area (Å²) in [6, 6.07) is 7.61. The maximum absolute atomic E-state index is 13.3. The van der Waals surface area contributed by atoms with Gasteiger partial charge in [-0.2, -0.15) is 0 Å². The molecule has 0 radical (unpaired) electrons. The number of thiophene rings is 1. The van der Waals surface area contributed by atoms with E-state index in [1.807, 2.05) is 24.3 Å². The van der Waals surface area contributed by atoms with E-state index in [0.717, 1.165) is 42.9 Å². The van der Waals surface area contributed by atoms with E-state index in [1.165, 1.54) is 29.8 Å². The lowest BCUT2D eigenvalue weighted by atomic mass is 10.1. The Kier molecular flexibility index (Phi) is 11.4. The number of hydrogen-bond donors (Lipinski definition) is 0. The molecule has 8 heteroatoms. The maximum Gasteiger partial charge on any atom is 0.275 e. The Balaban J connectivity index is 0.000000695. The quantitative estimate of drug-likeness (QED) is 0.288. The van der Waals surface area contributed by atoms with E-state index < -0.39 is 0 Å². The van der Waals surface area contributed by atoms with Crippen molar-refractivity contribution in [3.63, 3.8) is 0 Å². The predicted molar refractivity (Wildman–Crippen MR) is 154 cm³/mol. The van der Waals surface area contributed by atoms with Crippen LogP contribution in [-0.2, 0) is 4.74 Å². The third kappa shape index (κ3) is 7.53. The normalized spacial score (nSPS) is 13.9. The molecule has 0 atom stereocenters. The molecule has 1 aliphatic heterocycles. The Labute approximate surface area is 224 Å². The van der Waals surface area contributed by atoms with E-state index in [1.54, 1.807) is 31.2 Å². The first-order valence-corrected chi connectivity index (χ1v) is 13.7. The van der Waals surface area contributed by atoms with Crippen molar-refractivity contribution in [3.8, 4) is 17.2 Å². The first kappa shape index (κ1) is 28.6. The van der Waals surface area contributed by atoms with Crippen LogP contribution in [0.3, 0.4) is 0 Å². The standard InChI is InChI=1S/C25H31N3O3S.C4H8O/c1-4-8-18(5-2)23-16-20-24(32-23)25(29)28(17-26-20)19-9-10-21(22(15-19)30-3)31-14-13-27-11-6-7-12-27;1-3-4-5-2/h8-10,15-17H,4-7,11-14H2,1-3H3;3H,1,4H2,2H3/b18-8+;. The van der Waals surface area contributed by atoms with E-state index in [0.29, 0.717) is 35.1 Å². The molecule has 3 heterocycles. The molecule has 0 amide bonds. The van der Waals surface area contributed by atoms with E-state index in [9.17, 15) is 4.79 Å². The van der Waals surface area contributed by atoms with Gasteiger partial charge in [0.15, 0.2) is 11.5 Å². The van der Waals surface area contributed by atoms with Crippen LogP contribution in [-0.4, -0.2) is 61.5 Å². The molecular formula is C29H39N3O4S. The van der Waals surface area contributed by atoms with Crippen molar-refractivity contribution in [3.05, 3.63) is 64.6 Å². The van der Waals surface area contributed by atoms with Crippen LogP contribution in [0.2, 0.25) is 0 Å². The number of ether oxygens (including phenoxy) is 3. The Morgan fingerprint density at radius 3 is 2.57 bits per heavy atom. The molecule has 0 unspecified atom stereocenters. The molecule has 0 N–H and O–H groups in total. The third-order valence-electron chi connectivity index (χ3n) is 6.16. The first-order chi connectivity index (χ1) is 18.1. The molecule has 3 aromatic rings. The fraction of sp³-hybridized carbons (Fsp3) is 0.448. The van der Waals surface area contributed by atoms with Crippen molar-refractivity contribution in [2.75, 3.05) is 47.1 Å². The number of nitrogens with zero attached hydrogens (tertiary/aromatic N) is 3. The van der Waals surface area contributed by atoms with E-state index in [-0.39, 0.29) is 5.56 Å². The smallest absolute Gasteiger partial charge is 0.275 e. The summed E-state index contributed by atoms with van der Waals surface area (Å²) in [4.78, 5) is 21.3. The van der Waals surface area contributed by atoms with Gasteiger partial charge in [-0.3, -0.25) is 14.3 Å². The molecule has 0 saturated carbocycles. The van der Waals surface area contributed by atoms with Crippen molar-refractivity contribution in [1.29, 1.82) is 0 Å². The van der Waals surface area contributed by atoms with Gasteiger partial charge in [0.05, 0.1) is 24.9 Å². The minimum atomic E-state index is -0.0667. The number of methoxy groups -OCH3 is 2. The Bertz CT molecular complexity index is 1240. The van der Waals surface area contributed by atoms with Crippen LogP contribution in [0.5, 0.6) is 11.5 Å². The van der Waals surface area contributed by atoms with E-state index in [4.69, 9.17) is 9.47 Å². The van der Waals surface area contributed by atoms with Crippen LogP contribution in [0.25, 0.3) is 21.5 Å². The number of likely N-dealkylation sites (tertiary alicyclic amines) is 1. The monoisotopic (exact) mass is 525 g/mol. The molecule has 1 saturated heterocycles. The van der Waals surface area contributed by atoms with Gasteiger partial charge >= 0.3 is 0 Å². The minimum absolute atomic E-state index is 0.0667. The van der Waals surface area contributed by atoms with Gasteiger partial charge in [0.25, 0.3) is 5.56 Å². The van der Waals surface area contributed by atoms with Crippen LogP contribution in [0.4, 0.5) is 0 Å². The molecule has 0 spiro atoms. The second-order valence-electron chi connectivity index (χ2n) is 8.71. The van der Waals surface area contributed by atoms with E-state index >= 15 is 0 Å². The number of rotatable bonds is 11. The second-order valence-corrected chi connectivity index (χ2v) is 9.76. The van der Waals surface area contributed by atoms with Crippen molar-refractivity contribution in [1.82, 2.24) is 14.5 Å². The first-order valence-electron chi connectivity index (χ1n) is 12.9. The minimum Gasteiger partial charge on any atom is -0.493 e. The van der Waals surface area contributed by atoms with Crippen molar-refractivity contribution < 1.29 is 14.2 Å². The Morgan fingerprint density at radius 1 is 1.16 bits per heavy atom. The van der Waals surface area contributed by atoms with Crippen LogP contribution in [0.1, 0.15) is 44.4 Å². The molecule has 7 nitrogen and oxygen atoms in total. The number of aromatic nitrogens is 2. The zero-order valence-corrected chi connectivity index (χ0v) is 23.3. The summed E-state index contributed by atoms with van der Waals surface area (Å²) in [6.07, 6.45) is 9.97. The van der Waals surface area contributed by atoms with Gasteiger partial charge in [0.2, 0.25) is 0 Å². The van der Waals surface area contributed by atoms with Gasteiger partial charge in [0.1, 0.15) is 17.6 Å². The summed E-state index contributed by atoms with van der Waals surface area (Å²) in [6.45, 7) is 12.2. The zero-order valence-electron chi connectivity index (χ0n) is 22.5. The lowest BCUT2D eigenvalue weighted by Gasteiger charge is -2.17. The molecule has 0 bridgehead atoms. The number of benzene rings is 1. The fourth-order valence-corrected chi connectivity index (χ4v) is 5.41. The van der Waals surface area contributed by atoms with Gasteiger partial charge in [-0.25, -0.2) is 4.98 Å².